The van der Waals surface area contributed by atoms with E-state index in [1.807, 2.05) is 31.2 Å². The minimum Gasteiger partial charge on any atom is -0.490 e. The summed E-state index contributed by atoms with van der Waals surface area (Å²) >= 11 is 0. The highest BCUT2D eigenvalue weighted by Crippen LogP contribution is 2.25. The molecule has 0 radical (unpaired) electrons. The lowest BCUT2D eigenvalue weighted by atomic mass is 10.1. The van der Waals surface area contributed by atoms with Crippen LogP contribution in [0.1, 0.15) is 47.6 Å². The molecule has 0 spiro atoms. The van der Waals surface area contributed by atoms with E-state index in [1.54, 1.807) is 12.3 Å². The molecule has 0 atom stereocenters. The Balaban J connectivity index is 1.75. The molecular weight excluding hydrogens is 276 g/mol. The number of ketones is 1. The lowest BCUT2D eigenvalue weighted by molar-refractivity contribution is 0.0986. The summed E-state index contributed by atoms with van der Waals surface area (Å²) in [6.45, 7) is 1.89. The average molecular weight is 296 g/mol. The van der Waals surface area contributed by atoms with Gasteiger partial charge in [0, 0.05) is 29.7 Å². The Morgan fingerprint density at radius 1 is 1.27 bits per heavy atom. The maximum absolute atomic E-state index is 12.4. The Kier molecular flexibility index (Phi) is 4.47. The normalized spacial score (nSPS) is 15.0. The molecule has 4 nitrogen and oxygen atoms in total. The van der Waals surface area contributed by atoms with Gasteiger partial charge in [0.1, 0.15) is 11.4 Å². The number of nitrogens with zero attached hydrogens (tertiary/aromatic N) is 2. The summed E-state index contributed by atoms with van der Waals surface area (Å²) in [5.41, 5.74) is 2.02. The van der Waals surface area contributed by atoms with Crippen LogP contribution in [0.2, 0.25) is 0 Å². The van der Waals surface area contributed by atoms with Gasteiger partial charge in [0.25, 0.3) is 0 Å². The molecule has 1 aliphatic rings. The van der Waals surface area contributed by atoms with Crippen molar-refractivity contribution in [1.29, 1.82) is 0 Å². The standard InChI is InChI=1S/C18H20N2O2/c1-13-10-16(22-15-7-2-3-8-15)12-17(20-13)18(21)11-14-6-4-5-9-19-14/h4-6,9-10,12,15H,2-3,7-8,11H2,1H3. The van der Waals surface area contributed by atoms with Gasteiger partial charge in [-0.15, -0.1) is 0 Å². The van der Waals surface area contributed by atoms with Crippen molar-refractivity contribution in [3.63, 3.8) is 0 Å². The second kappa shape index (κ2) is 6.69. The van der Waals surface area contributed by atoms with Gasteiger partial charge in [-0.1, -0.05) is 6.07 Å². The zero-order chi connectivity index (χ0) is 15.4. The van der Waals surface area contributed by atoms with Gasteiger partial charge in [-0.2, -0.15) is 0 Å². The maximum atomic E-state index is 12.4. The number of rotatable bonds is 5. The second-order valence-electron chi connectivity index (χ2n) is 5.77. The van der Waals surface area contributed by atoms with Gasteiger partial charge in [-0.05, 0) is 44.7 Å². The first-order chi connectivity index (χ1) is 10.7. The van der Waals surface area contributed by atoms with Crippen LogP contribution in [0, 0.1) is 6.92 Å². The molecule has 114 valence electrons. The van der Waals surface area contributed by atoms with E-state index in [-0.39, 0.29) is 18.3 Å². The van der Waals surface area contributed by atoms with Crippen molar-refractivity contribution < 1.29 is 9.53 Å². The zero-order valence-corrected chi connectivity index (χ0v) is 12.8. The van der Waals surface area contributed by atoms with E-state index in [0.29, 0.717) is 5.69 Å². The lowest BCUT2D eigenvalue weighted by Crippen LogP contribution is -2.13. The van der Waals surface area contributed by atoms with Gasteiger partial charge in [0.05, 0.1) is 12.5 Å². The van der Waals surface area contributed by atoms with Crippen LogP contribution in [0.25, 0.3) is 0 Å². The Labute approximate surface area is 130 Å². The van der Waals surface area contributed by atoms with E-state index in [0.717, 1.165) is 30.0 Å². The van der Waals surface area contributed by atoms with E-state index >= 15 is 0 Å². The molecule has 0 aromatic carbocycles. The number of aryl methyl sites for hydroxylation is 1. The minimum atomic E-state index is -0.0290. The smallest absolute Gasteiger partial charge is 0.187 e. The van der Waals surface area contributed by atoms with Crippen LogP contribution < -0.4 is 4.74 Å². The van der Waals surface area contributed by atoms with Crippen molar-refractivity contribution in [3.8, 4) is 5.75 Å². The second-order valence-corrected chi connectivity index (χ2v) is 5.77. The third-order valence-electron chi connectivity index (χ3n) is 3.89. The first kappa shape index (κ1) is 14.7. The molecular formula is C18H20N2O2. The van der Waals surface area contributed by atoms with Crippen LogP contribution in [0.5, 0.6) is 5.75 Å². The third kappa shape index (κ3) is 3.70. The first-order valence-electron chi connectivity index (χ1n) is 7.79. The average Bonchev–Trinajstić information content (AvgIpc) is 3.00. The number of ether oxygens (including phenoxy) is 1. The fourth-order valence-electron chi connectivity index (χ4n) is 2.80. The Morgan fingerprint density at radius 2 is 2.09 bits per heavy atom. The van der Waals surface area contributed by atoms with E-state index in [2.05, 4.69) is 9.97 Å². The molecule has 2 aromatic heterocycles. The van der Waals surface area contributed by atoms with Gasteiger partial charge in [0.15, 0.2) is 5.78 Å². The number of hydrogen-bond acceptors (Lipinski definition) is 4. The van der Waals surface area contributed by atoms with Gasteiger partial charge in [-0.25, -0.2) is 4.98 Å². The van der Waals surface area contributed by atoms with E-state index in [4.69, 9.17) is 4.74 Å². The first-order valence-corrected chi connectivity index (χ1v) is 7.79. The molecule has 2 heterocycles. The van der Waals surface area contributed by atoms with Crippen LogP contribution in [0.4, 0.5) is 0 Å². The van der Waals surface area contributed by atoms with Crippen LogP contribution in [-0.4, -0.2) is 21.9 Å². The van der Waals surface area contributed by atoms with Crippen LogP contribution >= 0.6 is 0 Å². The van der Waals surface area contributed by atoms with E-state index < -0.39 is 0 Å². The summed E-state index contributed by atoms with van der Waals surface area (Å²) in [6, 6.07) is 9.23. The molecule has 2 aromatic rings. The van der Waals surface area contributed by atoms with Gasteiger partial charge in [0.2, 0.25) is 0 Å². The van der Waals surface area contributed by atoms with E-state index in [1.165, 1.54) is 12.8 Å². The number of Topliss-reactive ketones (excluding diaryl/α,β-unsaturated/α-hetero) is 1. The molecule has 0 aliphatic heterocycles. The Hall–Kier alpha value is -2.23. The fraction of sp³-hybridized carbons (Fsp3) is 0.389. The third-order valence-corrected chi connectivity index (χ3v) is 3.89. The van der Waals surface area contributed by atoms with Crippen LogP contribution in [0.3, 0.4) is 0 Å². The molecule has 0 unspecified atom stereocenters. The number of carbonyl (C=O) groups is 1. The summed E-state index contributed by atoms with van der Waals surface area (Å²) in [5, 5.41) is 0. The highest BCUT2D eigenvalue weighted by atomic mass is 16.5. The highest BCUT2D eigenvalue weighted by molar-refractivity contribution is 5.95. The molecule has 1 aliphatic carbocycles. The van der Waals surface area contributed by atoms with Crippen molar-refractivity contribution in [2.24, 2.45) is 0 Å². The van der Waals surface area contributed by atoms with Gasteiger partial charge < -0.3 is 4.74 Å². The number of carbonyl (C=O) groups excluding carboxylic acids is 1. The molecule has 4 heteroatoms. The monoisotopic (exact) mass is 296 g/mol. The quantitative estimate of drug-likeness (QED) is 0.792. The molecule has 0 bridgehead atoms. The molecule has 0 saturated heterocycles. The SMILES string of the molecule is Cc1cc(OC2CCCC2)cc(C(=O)Cc2ccccn2)n1. The fourth-order valence-corrected chi connectivity index (χ4v) is 2.80. The van der Waals surface area contributed by atoms with Crippen molar-refractivity contribution >= 4 is 5.78 Å². The van der Waals surface area contributed by atoms with Gasteiger partial charge >= 0.3 is 0 Å². The van der Waals surface area contributed by atoms with Crippen LogP contribution in [-0.2, 0) is 6.42 Å². The lowest BCUT2D eigenvalue weighted by Gasteiger charge is -2.14. The summed E-state index contributed by atoms with van der Waals surface area (Å²) in [5.74, 6) is 0.724. The summed E-state index contributed by atoms with van der Waals surface area (Å²) < 4.78 is 5.99. The molecule has 0 N–H and O–H groups in total. The van der Waals surface area contributed by atoms with Crippen molar-refractivity contribution in [2.75, 3.05) is 0 Å². The summed E-state index contributed by atoms with van der Waals surface area (Å²) in [7, 11) is 0. The number of aromatic nitrogens is 2. The Bertz CT molecular complexity index is 649. The number of pyridine rings is 2. The minimum absolute atomic E-state index is 0.0290. The topological polar surface area (TPSA) is 52.1 Å². The van der Waals surface area contributed by atoms with Gasteiger partial charge in [-0.3, -0.25) is 9.78 Å². The molecule has 0 amide bonds. The Morgan fingerprint density at radius 3 is 2.82 bits per heavy atom. The van der Waals surface area contributed by atoms with Crippen molar-refractivity contribution in [1.82, 2.24) is 9.97 Å². The largest absolute Gasteiger partial charge is 0.490 e. The molecule has 3 rings (SSSR count). The maximum Gasteiger partial charge on any atom is 0.187 e. The summed E-state index contributed by atoms with van der Waals surface area (Å²) in [6.07, 6.45) is 6.87. The summed E-state index contributed by atoms with van der Waals surface area (Å²) in [4.78, 5) is 20.9. The predicted molar refractivity (Wildman–Crippen MR) is 84.1 cm³/mol. The molecule has 1 saturated carbocycles. The van der Waals surface area contributed by atoms with Crippen molar-refractivity contribution in [3.05, 3.63) is 53.6 Å². The number of hydrogen-bond donors (Lipinski definition) is 0. The predicted octanol–water partition coefficient (Wildman–Crippen LogP) is 3.53. The van der Waals surface area contributed by atoms with E-state index in [9.17, 15) is 4.79 Å². The highest BCUT2D eigenvalue weighted by Gasteiger charge is 2.18. The van der Waals surface area contributed by atoms with Crippen LogP contribution in [0.15, 0.2) is 36.5 Å². The molecule has 1 fully saturated rings. The zero-order valence-electron chi connectivity index (χ0n) is 12.8. The van der Waals surface area contributed by atoms with Crippen molar-refractivity contribution in [2.45, 2.75) is 45.1 Å². The molecule has 22 heavy (non-hydrogen) atoms.